The second-order valence-electron chi connectivity index (χ2n) is 4.18. The van der Waals surface area contributed by atoms with E-state index >= 15 is 0 Å². The van der Waals surface area contributed by atoms with E-state index < -0.39 is 12.5 Å². The number of anilines is 1. The summed E-state index contributed by atoms with van der Waals surface area (Å²) in [6.07, 6.45) is 0. The first kappa shape index (κ1) is 15.6. The van der Waals surface area contributed by atoms with E-state index in [2.05, 4.69) is 10.1 Å². The second kappa shape index (κ2) is 7.26. The summed E-state index contributed by atoms with van der Waals surface area (Å²) in [5.41, 5.74) is 0.105. The molecule has 0 aromatic heterocycles. The molecule has 0 unspecified atom stereocenters. The minimum atomic E-state index is -2.99. The van der Waals surface area contributed by atoms with Crippen LogP contribution in [0.1, 0.15) is 0 Å². The normalized spacial score (nSPS) is 10.3. The van der Waals surface area contributed by atoms with Gasteiger partial charge in [-0.25, -0.2) is 0 Å². The fourth-order valence-corrected chi connectivity index (χ4v) is 1.68. The Hall–Kier alpha value is -2.83. The molecule has 0 aliphatic rings. The Morgan fingerprint density at radius 1 is 1.09 bits per heavy atom. The molecular weight excluding hydrogens is 296 g/mol. The number of carbonyl (C=O) groups is 1. The van der Waals surface area contributed by atoms with Crippen molar-refractivity contribution in [2.75, 3.05) is 11.9 Å². The molecule has 0 radical (unpaired) electrons. The van der Waals surface area contributed by atoms with Gasteiger partial charge in [0.2, 0.25) is 0 Å². The van der Waals surface area contributed by atoms with Crippen molar-refractivity contribution in [3.8, 4) is 17.2 Å². The smallest absolute Gasteiger partial charge is 0.387 e. The van der Waals surface area contributed by atoms with Crippen molar-refractivity contribution in [2.24, 2.45) is 0 Å². The van der Waals surface area contributed by atoms with Gasteiger partial charge in [-0.2, -0.15) is 8.78 Å². The third kappa shape index (κ3) is 4.34. The molecule has 2 rings (SSSR count). The lowest BCUT2D eigenvalue weighted by molar-refractivity contribution is -0.118. The number of para-hydroxylation sites is 4. The molecule has 0 fully saturated rings. The number of benzene rings is 2. The summed E-state index contributed by atoms with van der Waals surface area (Å²) in [5, 5.41) is 11.9. The lowest BCUT2D eigenvalue weighted by Crippen LogP contribution is -2.20. The van der Waals surface area contributed by atoms with Gasteiger partial charge in [-0.15, -0.1) is 0 Å². The number of phenolic OH excluding ortho intramolecular Hbond substituents is 1. The largest absolute Gasteiger partial charge is 0.504 e. The molecule has 7 heteroatoms. The van der Waals surface area contributed by atoms with Gasteiger partial charge in [-0.3, -0.25) is 4.79 Å². The molecule has 0 aliphatic carbocycles. The first-order chi connectivity index (χ1) is 10.6. The summed E-state index contributed by atoms with van der Waals surface area (Å²) in [6.45, 7) is -3.38. The average Bonchev–Trinajstić information content (AvgIpc) is 2.48. The van der Waals surface area contributed by atoms with Gasteiger partial charge < -0.3 is 19.9 Å². The number of hydrogen-bond acceptors (Lipinski definition) is 4. The summed E-state index contributed by atoms with van der Waals surface area (Å²) < 4.78 is 34.0. The molecule has 0 saturated carbocycles. The van der Waals surface area contributed by atoms with Gasteiger partial charge in [-0.05, 0) is 24.3 Å². The number of phenols is 1. The molecule has 0 heterocycles. The Labute approximate surface area is 125 Å². The van der Waals surface area contributed by atoms with Crippen LogP contribution in [0.15, 0.2) is 48.5 Å². The van der Waals surface area contributed by atoms with Crippen LogP contribution in [0, 0.1) is 0 Å². The van der Waals surface area contributed by atoms with Crippen LogP contribution < -0.4 is 14.8 Å². The van der Waals surface area contributed by atoms with Gasteiger partial charge >= 0.3 is 6.61 Å². The van der Waals surface area contributed by atoms with Crippen LogP contribution in [0.2, 0.25) is 0 Å². The van der Waals surface area contributed by atoms with Gasteiger partial charge in [-0.1, -0.05) is 24.3 Å². The van der Waals surface area contributed by atoms with Crippen LogP contribution in [0.5, 0.6) is 17.2 Å². The van der Waals surface area contributed by atoms with Crippen molar-refractivity contribution in [2.45, 2.75) is 6.61 Å². The highest BCUT2D eigenvalue weighted by Gasteiger charge is 2.12. The van der Waals surface area contributed by atoms with Gasteiger partial charge in [0.15, 0.2) is 18.1 Å². The Kier molecular flexibility index (Phi) is 5.13. The number of nitrogens with one attached hydrogen (secondary N) is 1. The number of hydrogen-bond donors (Lipinski definition) is 2. The van der Waals surface area contributed by atoms with Crippen LogP contribution in [-0.4, -0.2) is 24.2 Å². The molecule has 0 bridgehead atoms. The molecule has 0 saturated heterocycles. The van der Waals surface area contributed by atoms with Gasteiger partial charge in [0, 0.05) is 0 Å². The molecular formula is C15H13F2NO4. The number of aromatic hydroxyl groups is 1. The fraction of sp³-hybridized carbons (Fsp3) is 0.133. The van der Waals surface area contributed by atoms with Crippen molar-refractivity contribution >= 4 is 11.6 Å². The average molecular weight is 309 g/mol. The maximum Gasteiger partial charge on any atom is 0.387 e. The minimum Gasteiger partial charge on any atom is -0.504 e. The summed E-state index contributed by atoms with van der Waals surface area (Å²) >= 11 is 0. The molecule has 0 atom stereocenters. The van der Waals surface area contributed by atoms with E-state index in [0.717, 1.165) is 0 Å². The van der Waals surface area contributed by atoms with Crippen LogP contribution in [-0.2, 0) is 4.79 Å². The monoisotopic (exact) mass is 309 g/mol. The van der Waals surface area contributed by atoms with Crippen molar-refractivity contribution < 1.29 is 28.2 Å². The zero-order chi connectivity index (χ0) is 15.9. The lowest BCUT2D eigenvalue weighted by atomic mass is 10.3. The Balaban J connectivity index is 1.96. The maximum atomic E-state index is 12.3. The topological polar surface area (TPSA) is 67.8 Å². The summed E-state index contributed by atoms with van der Waals surface area (Å²) in [7, 11) is 0. The second-order valence-corrected chi connectivity index (χ2v) is 4.18. The number of ether oxygens (including phenoxy) is 2. The Morgan fingerprint density at radius 3 is 2.41 bits per heavy atom. The Morgan fingerprint density at radius 2 is 1.73 bits per heavy atom. The summed E-state index contributed by atoms with van der Waals surface area (Å²) in [5.74, 6) is -0.673. The number of rotatable bonds is 6. The predicted octanol–water partition coefficient (Wildman–Crippen LogP) is 3.01. The van der Waals surface area contributed by atoms with Gasteiger partial charge in [0.1, 0.15) is 5.75 Å². The van der Waals surface area contributed by atoms with E-state index in [-0.39, 0.29) is 29.5 Å². The van der Waals surface area contributed by atoms with Crippen molar-refractivity contribution in [3.05, 3.63) is 48.5 Å². The molecule has 116 valence electrons. The minimum absolute atomic E-state index is 0.100. The highest BCUT2D eigenvalue weighted by atomic mass is 19.3. The molecule has 2 aromatic rings. The van der Waals surface area contributed by atoms with E-state index in [1.807, 2.05) is 0 Å². The van der Waals surface area contributed by atoms with Gasteiger partial charge in [0.25, 0.3) is 5.91 Å². The van der Waals surface area contributed by atoms with Crippen LogP contribution in [0.4, 0.5) is 14.5 Å². The molecule has 1 amide bonds. The standard InChI is InChI=1S/C15H13F2NO4/c16-15(17)22-12-7-3-1-5-10(12)18-14(20)9-21-13-8-4-2-6-11(13)19/h1-8,15,19H,9H2,(H,18,20). The number of halogens is 2. The van der Waals surface area contributed by atoms with Crippen molar-refractivity contribution in [1.82, 2.24) is 0 Å². The van der Waals surface area contributed by atoms with Crippen molar-refractivity contribution in [1.29, 1.82) is 0 Å². The summed E-state index contributed by atoms with van der Waals surface area (Å²) in [4.78, 5) is 11.8. The van der Waals surface area contributed by atoms with E-state index in [9.17, 15) is 18.7 Å². The maximum absolute atomic E-state index is 12.3. The molecule has 22 heavy (non-hydrogen) atoms. The van der Waals surface area contributed by atoms with E-state index in [4.69, 9.17) is 4.74 Å². The zero-order valence-corrected chi connectivity index (χ0v) is 11.3. The van der Waals surface area contributed by atoms with Crippen LogP contribution in [0.25, 0.3) is 0 Å². The SMILES string of the molecule is O=C(COc1ccccc1O)Nc1ccccc1OC(F)F. The molecule has 0 spiro atoms. The van der Waals surface area contributed by atoms with E-state index in [1.54, 1.807) is 18.2 Å². The lowest BCUT2D eigenvalue weighted by Gasteiger charge is -2.12. The highest BCUT2D eigenvalue weighted by molar-refractivity contribution is 5.93. The van der Waals surface area contributed by atoms with E-state index in [0.29, 0.717) is 0 Å². The zero-order valence-electron chi connectivity index (χ0n) is 11.3. The number of amides is 1. The first-order valence-electron chi connectivity index (χ1n) is 6.31. The third-order valence-electron chi connectivity index (χ3n) is 2.60. The first-order valence-corrected chi connectivity index (χ1v) is 6.31. The highest BCUT2D eigenvalue weighted by Crippen LogP contribution is 2.26. The number of alkyl halides is 2. The van der Waals surface area contributed by atoms with E-state index in [1.165, 1.54) is 30.3 Å². The Bertz CT molecular complexity index is 649. The quantitative estimate of drug-likeness (QED) is 0.861. The molecule has 2 N–H and O–H groups in total. The molecule has 2 aromatic carbocycles. The molecule has 5 nitrogen and oxygen atoms in total. The van der Waals surface area contributed by atoms with Crippen LogP contribution in [0.3, 0.4) is 0 Å². The molecule has 0 aliphatic heterocycles. The number of carbonyl (C=O) groups excluding carboxylic acids is 1. The summed E-state index contributed by atoms with van der Waals surface area (Å²) in [6, 6.07) is 12.0. The predicted molar refractivity (Wildman–Crippen MR) is 75.3 cm³/mol. The third-order valence-corrected chi connectivity index (χ3v) is 2.60. The fourth-order valence-electron chi connectivity index (χ4n) is 1.68. The van der Waals surface area contributed by atoms with Gasteiger partial charge in [0.05, 0.1) is 5.69 Å². The van der Waals surface area contributed by atoms with Crippen LogP contribution >= 0.6 is 0 Å². The van der Waals surface area contributed by atoms with Crippen molar-refractivity contribution in [3.63, 3.8) is 0 Å².